The van der Waals surface area contributed by atoms with Crippen LogP contribution in [0.2, 0.25) is 0 Å². The third kappa shape index (κ3) is 3.95. The van der Waals surface area contributed by atoms with Crippen molar-refractivity contribution in [2.45, 2.75) is 26.1 Å². The molecule has 1 atom stereocenters. The van der Waals surface area contributed by atoms with E-state index >= 15 is 0 Å². The van der Waals surface area contributed by atoms with Gasteiger partial charge in [-0.25, -0.2) is 4.79 Å². The number of cyclic esters (lactones) is 1. The monoisotopic (exact) mass is 324 g/mol. The molecular formula is C20H24N2O2. The number of amides is 1. The molecule has 0 saturated carbocycles. The van der Waals surface area contributed by atoms with Crippen molar-refractivity contribution in [3.8, 4) is 11.1 Å². The van der Waals surface area contributed by atoms with E-state index in [2.05, 4.69) is 67.5 Å². The number of ether oxygens (including phenoxy) is 1. The summed E-state index contributed by atoms with van der Waals surface area (Å²) < 4.78 is 5.16. The summed E-state index contributed by atoms with van der Waals surface area (Å²) in [5.41, 5.74) is 4.82. The maximum absolute atomic E-state index is 11.7. The minimum atomic E-state index is -0.219. The molecule has 126 valence electrons. The highest BCUT2D eigenvalue weighted by molar-refractivity contribution is 5.70. The Morgan fingerprint density at radius 3 is 2.00 bits per heavy atom. The smallest absolute Gasteiger partial charge is 0.410 e. The van der Waals surface area contributed by atoms with Crippen molar-refractivity contribution in [3.63, 3.8) is 0 Å². The number of benzene rings is 2. The summed E-state index contributed by atoms with van der Waals surface area (Å²) in [5.74, 6) is 0. The Morgan fingerprint density at radius 2 is 1.54 bits per heavy atom. The van der Waals surface area contributed by atoms with Crippen LogP contribution in [-0.2, 0) is 17.8 Å². The molecule has 4 heteroatoms. The maximum atomic E-state index is 11.7. The minimum Gasteiger partial charge on any atom is -0.444 e. The molecule has 0 spiro atoms. The molecule has 1 aliphatic heterocycles. The Labute approximate surface area is 143 Å². The molecular weight excluding hydrogens is 300 g/mol. The van der Waals surface area contributed by atoms with E-state index in [9.17, 15) is 4.79 Å². The molecule has 0 bridgehead atoms. The van der Waals surface area contributed by atoms with Gasteiger partial charge < -0.3 is 14.5 Å². The van der Waals surface area contributed by atoms with Crippen LogP contribution in [0, 0.1) is 0 Å². The average Bonchev–Trinajstić information content (AvgIpc) is 2.86. The normalized spacial score (nSPS) is 17.4. The second-order valence-corrected chi connectivity index (χ2v) is 6.71. The number of nitrogens with zero attached hydrogens (tertiary/aromatic N) is 2. The number of hydrogen-bond donors (Lipinski definition) is 0. The van der Waals surface area contributed by atoms with E-state index in [0.29, 0.717) is 13.1 Å². The van der Waals surface area contributed by atoms with Crippen molar-refractivity contribution in [1.29, 1.82) is 0 Å². The van der Waals surface area contributed by atoms with Crippen LogP contribution in [0.4, 0.5) is 4.79 Å². The van der Waals surface area contributed by atoms with E-state index in [1.165, 1.54) is 16.7 Å². The second kappa shape index (κ2) is 7.05. The summed E-state index contributed by atoms with van der Waals surface area (Å²) in [6.07, 6.45) is -0.236. The van der Waals surface area contributed by atoms with Crippen LogP contribution in [0.25, 0.3) is 11.1 Å². The van der Waals surface area contributed by atoms with E-state index < -0.39 is 0 Å². The van der Waals surface area contributed by atoms with Crippen LogP contribution < -0.4 is 0 Å². The van der Waals surface area contributed by atoms with Crippen LogP contribution in [0.3, 0.4) is 0 Å². The molecule has 0 N–H and O–H groups in total. The summed E-state index contributed by atoms with van der Waals surface area (Å²) in [5, 5.41) is 0. The maximum Gasteiger partial charge on any atom is 0.410 e. The van der Waals surface area contributed by atoms with Crippen molar-refractivity contribution < 1.29 is 9.53 Å². The lowest BCUT2D eigenvalue weighted by Gasteiger charge is -2.13. The zero-order valence-corrected chi connectivity index (χ0v) is 14.5. The van der Waals surface area contributed by atoms with Crippen LogP contribution in [0.5, 0.6) is 0 Å². The first kappa shape index (κ1) is 16.5. The summed E-state index contributed by atoms with van der Waals surface area (Å²) in [4.78, 5) is 15.6. The fourth-order valence-corrected chi connectivity index (χ4v) is 2.99. The third-order valence-electron chi connectivity index (χ3n) is 4.15. The molecule has 0 aromatic heterocycles. The van der Waals surface area contributed by atoms with E-state index in [-0.39, 0.29) is 12.2 Å². The molecule has 2 aromatic carbocycles. The summed E-state index contributed by atoms with van der Waals surface area (Å²) in [6, 6.07) is 17.1. The van der Waals surface area contributed by atoms with Gasteiger partial charge in [-0.3, -0.25) is 0 Å². The lowest BCUT2D eigenvalue weighted by Crippen LogP contribution is -2.24. The zero-order valence-electron chi connectivity index (χ0n) is 14.5. The van der Waals surface area contributed by atoms with Gasteiger partial charge in [-0.05, 0) is 43.3 Å². The molecule has 4 nitrogen and oxygen atoms in total. The van der Waals surface area contributed by atoms with Crippen molar-refractivity contribution >= 4 is 6.09 Å². The zero-order chi connectivity index (χ0) is 17.1. The Balaban J connectivity index is 1.67. The van der Waals surface area contributed by atoms with Gasteiger partial charge >= 0.3 is 6.09 Å². The van der Waals surface area contributed by atoms with Gasteiger partial charge in [0.1, 0.15) is 6.10 Å². The molecule has 3 rings (SSSR count). The van der Waals surface area contributed by atoms with Crippen molar-refractivity contribution in [2.24, 2.45) is 0 Å². The van der Waals surface area contributed by atoms with Crippen molar-refractivity contribution in [1.82, 2.24) is 9.80 Å². The molecule has 24 heavy (non-hydrogen) atoms. The van der Waals surface area contributed by atoms with Gasteiger partial charge in [0.15, 0.2) is 0 Å². The summed E-state index contributed by atoms with van der Waals surface area (Å²) >= 11 is 0. The minimum absolute atomic E-state index is 0.0162. The first-order valence-corrected chi connectivity index (χ1v) is 8.30. The van der Waals surface area contributed by atoms with Crippen molar-refractivity contribution in [3.05, 3.63) is 59.7 Å². The van der Waals surface area contributed by atoms with E-state index in [1.54, 1.807) is 4.90 Å². The predicted molar refractivity (Wildman–Crippen MR) is 95.6 cm³/mol. The molecule has 1 amide bonds. The lowest BCUT2D eigenvalue weighted by molar-refractivity contribution is 0.137. The van der Waals surface area contributed by atoms with E-state index in [4.69, 9.17) is 4.74 Å². The Morgan fingerprint density at radius 1 is 1.00 bits per heavy atom. The molecule has 0 aliphatic carbocycles. The lowest BCUT2D eigenvalue weighted by atomic mass is 10.0. The first-order valence-electron chi connectivity index (χ1n) is 8.30. The Hall–Kier alpha value is -2.33. The predicted octanol–water partition coefficient (Wildman–Crippen LogP) is 3.76. The summed E-state index contributed by atoms with van der Waals surface area (Å²) in [7, 11) is 4.15. The largest absolute Gasteiger partial charge is 0.444 e. The topological polar surface area (TPSA) is 32.8 Å². The molecule has 1 heterocycles. The quantitative estimate of drug-likeness (QED) is 0.839. The Kier molecular flexibility index (Phi) is 4.86. The molecule has 1 saturated heterocycles. The summed E-state index contributed by atoms with van der Waals surface area (Å²) in [6.45, 7) is 4.13. The highest BCUT2D eigenvalue weighted by Crippen LogP contribution is 2.22. The van der Waals surface area contributed by atoms with Gasteiger partial charge in [0, 0.05) is 13.1 Å². The van der Waals surface area contributed by atoms with Crippen LogP contribution in [0.1, 0.15) is 18.1 Å². The standard InChI is InChI=1S/C20H24N2O2/c1-15-12-22(20(23)24-15)14-17-6-10-19(11-7-17)18-8-4-16(5-9-18)13-21(2)3/h4-11,15H,12-14H2,1-3H3/t15-/m1/s1. The number of rotatable bonds is 5. The van der Waals surface area contributed by atoms with Crippen LogP contribution in [-0.4, -0.2) is 42.6 Å². The number of carbonyl (C=O) groups is 1. The van der Waals surface area contributed by atoms with E-state index in [0.717, 1.165) is 12.1 Å². The van der Waals surface area contributed by atoms with Gasteiger partial charge in [-0.2, -0.15) is 0 Å². The van der Waals surface area contributed by atoms with E-state index in [1.807, 2.05) is 6.92 Å². The van der Waals surface area contributed by atoms with Crippen LogP contribution in [0.15, 0.2) is 48.5 Å². The molecule has 0 radical (unpaired) electrons. The fourth-order valence-electron chi connectivity index (χ4n) is 2.99. The molecule has 1 fully saturated rings. The SMILES string of the molecule is C[C@@H]1CN(Cc2ccc(-c3ccc(CN(C)C)cc3)cc2)C(=O)O1. The molecule has 1 aliphatic rings. The van der Waals surface area contributed by atoms with Gasteiger partial charge in [0.25, 0.3) is 0 Å². The third-order valence-corrected chi connectivity index (χ3v) is 4.15. The van der Waals surface area contributed by atoms with Crippen molar-refractivity contribution in [2.75, 3.05) is 20.6 Å². The second-order valence-electron chi connectivity index (χ2n) is 6.71. The van der Waals surface area contributed by atoms with Crippen LogP contribution >= 0.6 is 0 Å². The van der Waals surface area contributed by atoms with Gasteiger partial charge in [0.05, 0.1) is 6.54 Å². The fraction of sp³-hybridized carbons (Fsp3) is 0.350. The molecule has 2 aromatic rings. The van der Waals surface area contributed by atoms with Gasteiger partial charge in [-0.1, -0.05) is 48.5 Å². The number of hydrogen-bond acceptors (Lipinski definition) is 3. The average molecular weight is 324 g/mol. The molecule has 0 unspecified atom stereocenters. The number of carbonyl (C=O) groups excluding carboxylic acids is 1. The highest BCUT2D eigenvalue weighted by Gasteiger charge is 2.27. The Bertz CT molecular complexity index is 693. The first-order chi connectivity index (χ1) is 11.5. The highest BCUT2D eigenvalue weighted by atomic mass is 16.6. The van der Waals surface area contributed by atoms with Gasteiger partial charge in [0.2, 0.25) is 0 Å². The van der Waals surface area contributed by atoms with Gasteiger partial charge in [-0.15, -0.1) is 0 Å².